The van der Waals surface area contributed by atoms with Gasteiger partial charge in [-0.1, -0.05) is 11.6 Å². The van der Waals surface area contributed by atoms with Gasteiger partial charge in [-0.05, 0) is 25.1 Å². The smallest absolute Gasteiger partial charge is 0.200 e. The summed E-state index contributed by atoms with van der Waals surface area (Å²) >= 11 is 0. The number of fused-ring (bicyclic) bond motifs is 1. The van der Waals surface area contributed by atoms with Crippen LogP contribution >= 0.6 is 0 Å². The summed E-state index contributed by atoms with van der Waals surface area (Å²) < 4.78 is 10.4. The summed E-state index contributed by atoms with van der Waals surface area (Å²) in [5.74, 6) is 0. The van der Waals surface area contributed by atoms with Crippen molar-refractivity contribution in [3.8, 4) is 11.1 Å². The molecule has 84 valence electrons. The number of aryl methyl sites for hydroxylation is 1. The van der Waals surface area contributed by atoms with Crippen molar-refractivity contribution in [1.82, 2.24) is 0 Å². The normalized spacial score (nSPS) is 10.9. The molecule has 0 atom stereocenters. The van der Waals surface area contributed by atoms with E-state index >= 15 is 0 Å². The van der Waals surface area contributed by atoms with Crippen molar-refractivity contribution in [1.29, 1.82) is 0 Å². The van der Waals surface area contributed by atoms with Gasteiger partial charge in [-0.15, -0.1) is 0 Å². The number of hydrogen-bond donors (Lipinski definition) is 0. The first kappa shape index (κ1) is 9.90. The molecule has 3 heteroatoms. The van der Waals surface area contributed by atoms with E-state index in [0.29, 0.717) is 16.5 Å². The molecule has 0 aliphatic carbocycles. The van der Waals surface area contributed by atoms with Crippen LogP contribution in [0.2, 0.25) is 0 Å². The molecule has 0 aliphatic rings. The van der Waals surface area contributed by atoms with Crippen LogP contribution in [0.25, 0.3) is 22.1 Å². The lowest BCUT2D eigenvalue weighted by atomic mass is 10.1. The van der Waals surface area contributed by atoms with Crippen molar-refractivity contribution in [2.75, 3.05) is 0 Å². The summed E-state index contributed by atoms with van der Waals surface area (Å²) in [6, 6.07) is 7.31. The van der Waals surface area contributed by atoms with Gasteiger partial charge < -0.3 is 8.83 Å². The molecule has 3 aromatic rings. The average Bonchev–Trinajstić information content (AvgIpc) is 2.84. The van der Waals surface area contributed by atoms with E-state index in [0.717, 1.165) is 11.1 Å². The van der Waals surface area contributed by atoms with Gasteiger partial charge in [0.1, 0.15) is 11.8 Å². The largest absolute Gasteiger partial charge is 0.472 e. The first-order chi connectivity index (χ1) is 8.25. The van der Waals surface area contributed by atoms with E-state index in [9.17, 15) is 4.79 Å². The first-order valence-corrected chi connectivity index (χ1v) is 5.30. The number of rotatable bonds is 1. The van der Waals surface area contributed by atoms with Crippen molar-refractivity contribution in [3.63, 3.8) is 0 Å². The second-order valence-electron chi connectivity index (χ2n) is 3.99. The van der Waals surface area contributed by atoms with Crippen LogP contribution in [0, 0.1) is 6.92 Å². The minimum atomic E-state index is -0.0312. The summed E-state index contributed by atoms with van der Waals surface area (Å²) in [5.41, 5.74) is 2.87. The zero-order valence-electron chi connectivity index (χ0n) is 9.27. The zero-order chi connectivity index (χ0) is 11.8. The van der Waals surface area contributed by atoms with Gasteiger partial charge in [0.05, 0.1) is 23.5 Å². The van der Waals surface area contributed by atoms with Crippen LogP contribution in [0.4, 0.5) is 0 Å². The fraction of sp³-hybridized carbons (Fsp3) is 0.0714. The lowest BCUT2D eigenvalue weighted by Gasteiger charge is -2.00. The fourth-order valence-corrected chi connectivity index (χ4v) is 1.86. The molecule has 0 unspecified atom stereocenters. The Labute approximate surface area is 97.3 Å². The van der Waals surface area contributed by atoms with Gasteiger partial charge in [0.15, 0.2) is 0 Å². The van der Waals surface area contributed by atoms with E-state index in [1.54, 1.807) is 6.07 Å². The standard InChI is InChI=1S/C14H10O3/c1-9-2-3-13-11(6-9)14(15)12(8-17-13)10-4-5-16-7-10/h2-8H,1H3. The van der Waals surface area contributed by atoms with Gasteiger partial charge in [-0.2, -0.15) is 0 Å². The molecule has 0 amide bonds. The Kier molecular flexibility index (Phi) is 2.11. The molecule has 0 radical (unpaired) electrons. The zero-order valence-corrected chi connectivity index (χ0v) is 9.27. The highest BCUT2D eigenvalue weighted by molar-refractivity contribution is 5.81. The van der Waals surface area contributed by atoms with E-state index in [2.05, 4.69) is 0 Å². The van der Waals surface area contributed by atoms with Crippen molar-refractivity contribution in [2.45, 2.75) is 6.92 Å². The SMILES string of the molecule is Cc1ccc2occ(-c3ccoc3)c(=O)c2c1. The van der Waals surface area contributed by atoms with Gasteiger partial charge in [-0.25, -0.2) is 0 Å². The van der Waals surface area contributed by atoms with Crippen LogP contribution in [0.15, 0.2) is 56.7 Å². The van der Waals surface area contributed by atoms with E-state index in [1.165, 1.54) is 18.8 Å². The van der Waals surface area contributed by atoms with Crippen LogP contribution in [-0.2, 0) is 0 Å². The molecule has 0 bridgehead atoms. The third kappa shape index (κ3) is 1.56. The topological polar surface area (TPSA) is 43.4 Å². The summed E-state index contributed by atoms with van der Waals surface area (Å²) in [5, 5.41) is 0.601. The third-order valence-electron chi connectivity index (χ3n) is 2.76. The van der Waals surface area contributed by atoms with Crippen LogP contribution in [-0.4, -0.2) is 0 Å². The maximum atomic E-state index is 12.3. The van der Waals surface area contributed by atoms with Crippen LogP contribution in [0.1, 0.15) is 5.56 Å². The fourth-order valence-electron chi connectivity index (χ4n) is 1.86. The molecular weight excluding hydrogens is 216 g/mol. The quantitative estimate of drug-likeness (QED) is 0.639. The summed E-state index contributed by atoms with van der Waals surface area (Å²) in [7, 11) is 0. The number of benzene rings is 1. The van der Waals surface area contributed by atoms with Crippen molar-refractivity contribution < 1.29 is 8.83 Å². The molecule has 0 saturated heterocycles. The Balaban J connectivity index is 2.36. The highest BCUT2D eigenvalue weighted by Crippen LogP contribution is 2.20. The molecule has 17 heavy (non-hydrogen) atoms. The molecule has 0 saturated carbocycles. The first-order valence-electron chi connectivity index (χ1n) is 5.30. The summed E-state index contributed by atoms with van der Waals surface area (Å²) in [6.07, 6.45) is 4.55. The Morgan fingerprint density at radius 2 is 2.00 bits per heavy atom. The lowest BCUT2D eigenvalue weighted by molar-refractivity contribution is 0.567. The molecule has 0 spiro atoms. The maximum absolute atomic E-state index is 12.3. The van der Waals surface area contributed by atoms with Gasteiger partial charge in [0, 0.05) is 5.56 Å². The van der Waals surface area contributed by atoms with E-state index in [4.69, 9.17) is 8.83 Å². The molecule has 3 nitrogen and oxygen atoms in total. The second-order valence-corrected chi connectivity index (χ2v) is 3.99. The molecule has 2 heterocycles. The second kappa shape index (κ2) is 3.63. The lowest BCUT2D eigenvalue weighted by Crippen LogP contribution is -2.04. The minimum Gasteiger partial charge on any atom is -0.472 e. The predicted octanol–water partition coefficient (Wildman–Crippen LogP) is 3.36. The molecular formula is C14H10O3. The Bertz CT molecular complexity index is 721. The molecule has 0 N–H and O–H groups in total. The highest BCUT2D eigenvalue weighted by atomic mass is 16.3. The van der Waals surface area contributed by atoms with Crippen LogP contribution in [0.5, 0.6) is 0 Å². The summed E-state index contributed by atoms with van der Waals surface area (Å²) in [4.78, 5) is 12.3. The molecule has 1 aromatic carbocycles. The number of hydrogen-bond acceptors (Lipinski definition) is 3. The van der Waals surface area contributed by atoms with Gasteiger partial charge in [0.25, 0.3) is 0 Å². The van der Waals surface area contributed by atoms with Crippen LogP contribution < -0.4 is 5.43 Å². The Morgan fingerprint density at radius 3 is 2.76 bits per heavy atom. The molecule has 0 fully saturated rings. The average molecular weight is 226 g/mol. The highest BCUT2D eigenvalue weighted by Gasteiger charge is 2.09. The Hall–Kier alpha value is -2.29. The van der Waals surface area contributed by atoms with Crippen molar-refractivity contribution in [2.24, 2.45) is 0 Å². The van der Waals surface area contributed by atoms with Crippen molar-refractivity contribution in [3.05, 3.63) is 58.8 Å². The Morgan fingerprint density at radius 1 is 1.12 bits per heavy atom. The van der Waals surface area contributed by atoms with Gasteiger partial charge in [-0.3, -0.25) is 4.79 Å². The molecule has 0 aliphatic heterocycles. The molecule has 3 rings (SSSR count). The number of furan rings is 1. The van der Waals surface area contributed by atoms with Crippen molar-refractivity contribution >= 4 is 11.0 Å². The monoisotopic (exact) mass is 226 g/mol. The van der Waals surface area contributed by atoms with Gasteiger partial charge in [0.2, 0.25) is 5.43 Å². The third-order valence-corrected chi connectivity index (χ3v) is 2.76. The molecule has 2 aromatic heterocycles. The van der Waals surface area contributed by atoms with E-state index in [-0.39, 0.29) is 5.43 Å². The predicted molar refractivity (Wildman–Crippen MR) is 64.9 cm³/mol. The summed E-state index contributed by atoms with van der Waals surface area (Å²) in [6.45, 7) is 1.95. The van der Waals surface area contributed by atoms with Gasteiger partial charge >= 0.3 is 0 Å². The van der Waals surface area contributed by atoms with E-state index < -0.39 is 0 Å². The van der Waals surface area contributed by atoms with Crippen LogP contribution in [0.3, 0.4) is 0 Å². The minimum absolute atomic E-state index is 0.0312. The van der Waals surface area contributed by atoms with E-state index in [1.807, 2.05) is 25.1 Å². The maximum Gasteiger partial charge on any atom is 0.200 e.